The quantitative estimate of drug-likeness (QED) is 0.598. The summed E-state index contributed by atoms with van der Waals surface area (Å²) in [5.74, 6) is 0. The van der Waals surface area contributed by atoms with Gasteiger partial charge in [0.2, 0.25) is 0 Å². The van der Waals surface area contributed by atoms with Crippen LogP contribution in [0, 0.1) is 18.3 Å². The Hall–Kier alpha value is -2.07. The van der Waals surface area contributed by atoms with Crippen LogP contribution in [0.1, 0.15) is 5.56 Å². The van der Waals surface area contributed by atoms with E-state index in [4.69, 9.17) is 28.5 Å². The molecule has 0 bridgehead atoms. The van der Waals surface area contributed by atoms with E-state index in [0.29, 0.717) is 27.4 Å². The lowest BCUT2D eigenvalue weighted by Crippen LogP contribution is -2.05. The molecule has 0 unspecified atom stereocenters. The molecule has 0 N–H and O–H groups in total. The molecule has 0 atom stereocenters. The van der Waals surface area contributed by atoms with Crippen LogP contribution in [0.15, 0.2) is 46.4 Å². The molecule has 2 aromatic carbocycles. The SMILES string of the molecule is Cc1ccc(S(=O)(=O)ON=CC#N)c(-c2ccc(Cl)cc2Cl)c1. The minimum Gasteiger partial charge on any atom is -0.264 e. The van der Waals surface area contributed by atoms with Crippen molar-refractivity contribution < 1.29 is 12.7 Å². The summed E-state index contributed by atoms with van der Waals surface area (Å²) in [6, 6.07) is 11.0. The highest BCUT2D eigenvalue weighted by molar-refractivity contribution is 7.86. The fourth-order valence-electron chi connectivity index (χ4n) is 1.92. The van der Waals surface area contributed by atoms with Gasteiger partial charge in [0.1, 0.15) is 17.2 Å². The zero-order valence-corrected chi connectivity index (χ0v) is 14.2. The summed E-state index contributed by atoms with van der Waals surface area (Å²) in [6.45, 7) is 1.82. The lowest BCUT2D eigenvalue weighted by Gasteiger charge is -2.11. The summed E-state index contributed by atoms with van der Waals surface area (Å²) < 4.78 is 29.0. The lowest BCUT2D eigenvalue weighted by molar-refractivity contribution is 0.341. The van der Waals surface area contributed by atoms with E-state index in [1.54, 1.807) is 30.3 Å². The molecule has 2 rings (SSSR count). The monoisotopic (exact) mass is 368 g/mol. The number of nitriles is 1. The average Bonchev–Trinajstić information content (AvgIpc) is 2.47. The van der Waals surface area contributed by atoms with Crippen LogP contribution >= 0.6 is 23.2 Å². The fourth-order valence-corrected chi connectivity index (χ4v) is 3.34. The number of oxime groups is 1. The number of halogens is 2. The summed E-state index contributed by atoms with van der Waals surface area (Å²) in [5.41, 5.74) is 1.69. The smallest absolute Gasteiger partial charge is 0.264 e. The van der Waals surface area contributed by atoms with E-state index in [2.05, 4.69) is 9.44 Å². The van der Waals surface area contributed by atoms with Gasteiger partial charge < -0.3 is 0 Å². The van der Waals surface area contributed by atoms with Crippen LogP contribution in [-0.2, 0) is 14.4 Å². The Balaban J connectivity index is 2.63. The molecular weight excluding hydrogens is 359 g/mol. The van der Waals surface area contributed by atoms with E-state index in [0.717, 1.165) is 5.56 Å². The van der Waals surface area contributed by atoms with Gasteiger partial charge >= 0.3 is 10.1 Å². The van der Waals surface area contributed by atoms with Gasteiger partial charge in [-0.25, -0.2) is 0 Å². The van der Waals surface area contributed by atoms with Crippen molar-refractivity contribution in [3.63, 3.8) is 0 Å². The summed E-state index contributed by atoms with van der Waals surface area (Å²) in [7, 11) is -4.20. The highest BCUT2D eigenvalue weighted by Crippen LogP contribution is 2.35. The first-order valence-electron chi connectivity index (χ1n) is 6.26. The van der Waals surface area contributed by atoms with Crippen LogP contribution in [0.5, 0.6) is 0 Å². The molecule has 0 spiro atoms. The number of hydrogen-bond donors (Lipinski definition) is 0. The van der Waals surface area contributed by atoms with Crippen LogP contribution in [-0.4, -0.2) is 14.6 Å². The molecule has 0 heterocycles. The highest BCUT2D eigenvalue weighted by Gasteiger charge is 2.22. The lowest BCUT2D eigenvalue weighted by atomic mass is 10.0. The molecule has 0 saturated carbocycles. The zero-order chi connectivity index (χ0) is 17.0. The third-order valence-electron chi connectivity index (χ3n) is 2.88. The van der Waals surface area contributed by atoms with Crippen molar-refractivity contribution in [1.82, 2.24) is 0 Å². The molecule has 0 amide bonds. The first kappa shape index (κ1) is 17.3. The van der Waals surface area contributed by atoms with Gasteiger partial charge in [-0.15, -0.1) is 0 Å². The molecule has 0 saturated heterocycles. The van der Waals surface area contributed by atoms with Gasteiger partial charge in [0.05, 0.1) is 0 Å². The molecule has 0 fully saturated rings. The Labute approximate surface area is 143 Å². The summed E-state index contributed by atoms with van der Waals surface area (Å²) >= 11 is 12.0. The minimum atomic E-state index is -4.20. The summed E-state index contributed by atoms with van der Waals surface area (Å²) in [6.07, 6.45) is 0.681. The molecule has 0 aliphatic heterocycles. The van der Waals surface area contributed by atoms with E-state index in [-0.39, 0.29) is 4.90 Å². The van der Waals surface area contributed by atoms with Gasteiger partial charge in [0, 0.05) is 21.2 Å². The van der Waals surface area contributed by atoms with Crippen molar-refractivity contribution in [1.29, 1.82) is 5.26 Å². The molecule has 0 aliphatic carbocycles. The number of hydrogen-bond acceptors (Lipinski definition) is 5. The number of rotatable bonds is 4. The first-order valence-corrected chi connectivity index (χ1v) is 8.43. The number of nitrogens with zero attached hydrogens (tertiary/aromatic N) is 2. The van der Waals surface area contributed by atoms with Crippen molar-refractivity contribution >= 4 is 39.5 Å². The standard InChI is InChI=1S/C15H10Cl2N2O3S/c1-10-2-5-15(23(20,21)22-19-7-6-18)13(8-10)12-4-3-11(16)9-14(12)17/h2-5,7-9H,1H3. The molecule has 2 aromatic rings. The van der Waals surface area contributed by atoms with Crippen LogP contribution in [0.3, 0.4) is 0 Å². The second-order valence-electron chi connectivity index (χ2n) is 4.52. The van der Waals surface area contributed by atoms with Crippen LogP contribution < -0.4 is 0 Å². The van der Waals surface area contributed by atoms with E-state index in [1.165, 1.54) is 12.1 Å². The maximum absolute atomic E-state index is 12.3. The van der Waals surface area contributed by atoms with Gasteiger partial charge in [-0.2, -0.15) is 13.7 Å². The predicted octanol–water partition coefficient (Wildman–Crippen LogP) is 4.18. The third kappa shape index (κ3) is 4.02. The van der Waals surface area contributed by atoms with Gasteiger partial charge in [-0.1, -0.05) is 46.1 Å². The Morgan fingerprint density at radius 3 is 2.57 bits per heavy atom. The van der Waals surface area contributed by atoms with Gasteiger partial charge in [0.15, 0.2) is 0 Å². The van der Waals surface area contributed by atoms with Crippen molar-refractivity contribution in [3.05, 3.63) is 52.0 Å². The Morgan fingerprint density at radius 1 is 1.17 bits per heavy atom. The largest absolute Gasteiger partial charge is 0.359 e. The zero-order valence-electron chi connectivity index (χ0n) is 11.8. The van der Waals surface area contributed by atoms with Gasteiger partial charge in [-0.3, -0.25) is 4.28 Å². The molecule has 118 valence electrons. The van der Waals surface area contributed by atoms with E-state index < -0.39 is 10.1 Å². The third-order valence-corrected chi connectivity index (χ3v) is 4.60. The van der Waals surface area contributed by atoms with Crippen molar-refractivity contribution in [2.24, 2.45) is 5.16 Å². The molecule has 0 aromatic heterocycles. The topological polar surface area (TPSA) is 79.5 Å². The predicted molar refractivity (Wildman–Crippen MR) is 89.0 cm³/mol. The average molecular weight is 369 g/mol. The van der Waals surface area contributed by atoms with Crippen molar-refractivity contribution in [2.75, 3.05) is 0 Å². The van der Waals surface area contributed by atoms with E-state index in [1.807, 2.05) is 6.92 Å². The summed E-state index contributed by atoms with van der Waals surface area (Å²) in [4.78, 5) is -0.109. The Kier molecular flexibility index (Phi) is 5.26. The van der Waals surface area contributed by atoms with Crippen LogP contribution in [0.25, 0.3) is 11.1 Å². The maximum atomic E-state index is 12.3. The fraction of sp³-hybridized carbons (Fsp3) is 0.0667. The Bertz CT molecular complexity index is 919. The number of aryl methyl sites for hydroxylation is 1. The minimum absolute atomic E-state index is 0.109. The molecular formula is C15H10Cl2N2O3S. The van der Waals surface area contributed by atoms with E-state index in [9.17, 15) is 8.42 Å². The number of benzene rings is 2. The van der Waals surface area contributed by atoms with Crippen molar-refractivity contribution in [3.8, 4) is 17.2 Å². The van der Waals surface area contributed by atoms with Gasteiger partial charge in [0.25, 0.3) is 0 Å². The van der Waals surface area contributed by atoms with Crippen LogP contribution in [0.2, 0.25) is 10.0 Å². The summed E-state index contributed by atoms with van der Waals surface area (Å²) in [5, 5.41) is 12.2. The highest BCUT2D eigenvalue weighted by atomic mass is 35.5. The maximum Gasteiger partial charge on any atom is 0.359 e. The molecule has 23 heavy (non-hydrogen) atoms. The molecule has 8 heteroatoms. The molecule has 0 aliphatic rings. The second kappa shape index (κ2) is 7.01. The normalized spacial score (nSPS) is 11.4. The second-order valence-corrected chi connectivity index (χ2v) is 6.86. The van der Waals surface area contributed by atoms with E-state index >= 15 is 0 Å². The Morgan fingerprint density at radius 2 is 1.91 bits per heavy atom. The first-order chi connectivity index (χ1) is 10.8. The van der Waals surface area contributed by atoms with Gasteiger partial charge in [-0.05, 0) is 31.2 Å². The van der Waals surface area contributed by atoms with Crippen molar-refractivity contribution in [2.45, 2.75) is 11.8 Å². The van der Waals surface area contributed by atoms with Crippen LogP contribution in [0.4, 0.5) is 0 Å². The molecule has 0 radical (unpaired) electrons. The molecule has 5 nitrogen and oxygen atoms in total.